The molecule has 1 saturated carbocycles. The Labute approximate surface area is 242 Å². The van der Waals surface area contributed by atoms with Gasteiger partial charge in [0.1, 0.15) is 23.0 Å². The number of H-pyrrole nitrogens is 1. The molecule has 0 unspecified atom stereocenters. The van der Waals surface area contributed by atoms with Crippen molar-refractivity contribution >= 4 is 39.7 Å². The lowest BCUT2D eigenvalue weighted by atomic mass is 10.1. The average molecular weight is 569 g/mol. The number of rotatable bonds is 7. The van der Waals surface area contributed by atoms with Crippen LogP contribution in [0.5, 0.6) is 11.6 Å². The Balaban J connectivity index is 1.24. The molecular formula is C31H32N6O5. The number of amides is 1. The maximum atomic E-state index is 13.0. The second-order valence-electron chi connectivity index (χ2n) is 10.7. The molecule has 3 aromatic heterocycles. The quantitative estimate of drug-likeness (QED) is 0.257. The maximum Gasteiger partial charge on any atom is 0.254 e. The number of nitrogens with zero attached hydrogens (tertiary/aromatic N) is 4. The van der Waals surface area contributed by atoms with Gasteiger partial charge in [-0.1, -0.05) is 6.07 Å². The van der Waals surface area contributed by atoms with Gasteiger partial charge in [-0.25, -0.2) is 4.98 Å². The molecule has 11 nitrogen and oxygen atoms in total. The van der Waals surface area contributed by atoms with E-state index >= 15 is 0 Å². The first kappa shape index (κ1) is 26.3. The van der Waals surface area contributed by atoms with Crippen LogP contribution in [0.3, 0.4) is 0 Å². The summed E-state index contributed by atoms with van der Waals surface area (Å²) < 4.78 is 23.3. The van der Waals surface area contributed by atoms with Crippen molar-refractivity contribution < 1.29 is 23.4 Å². The van der Waals surface area contributed by atoms with Gasteiger partial charge in [0.25, 0.3) is 5.91 Å². The van der Waals surface area contributed by atoms with E-state index in [-0.39, 0.29) is 12.0 Å². The van der Waals surface area contributed by atoms with Gasteiger partial charge in [-0.3, -0.25) is 4.79 Å². The van der Waals surface area contributed by atoms with Crippen molar-refractivity contribution in [2.45, 2.75) is 38.7 Å². The summed E-state index contributed by atoms with van der Waals surface area (Å²) in [6.45, 7) is 4.07. The molecule has 216 valence electrons. The Kier molecular flexibility index (Phi) is 6.87. The number of ether oxygens (including phenoxy) is 3. The van der Waals surface area contributed by atoms with Gasteiger partial charge in [-0.05, 0) is 61.6 Å². The maximum absolute atomic E-state index is 13.0. The predicted molar refractivity (Wildman–Crippen MR) is 158 cm³/mol. The zero-order chi connectivity index (χ0) is 28.6. The van der Waals surface area contributed by atoms with Crippen molar-refractivity contribution in [3.05, 3.63) is 54.0 Å². The number of hydrogen-bond donors (Lipinski definition) is 2. The van der Waals surface area contributed by atoms with Crippen molar-refractivity contribution in [1.29, 1.82) is 0 Å². The summed E-state index contributed by atoms with van der Waals surface area (Å²) in [6, 6.07) is 11.3. The van der Waals surface area contributed by atoms with Gasteiger partial charge in [0.2, 0.25) is 11.8 Å². The molecule has 1 aliphatic heterocycles. The molecule has 2 N–H and O–H groups in total. The third-order valence-electron chi connectivity index (χ3n) is 7.88. The molecular weight excluding hydrogens is 536 g/mol. The van der Waals surface area contributed by atoms with Gasteiger partial charge < -0.3 is 33.8 Å². The van der Waals surface area contributed by atoms with E-state index in [1.807, 2.05) is 37.4 Å². The minimum absolute atomic E-state index is 0.0503. The largest absolute Gasteiger partial charge is 0.495 e. The lowest BCUT2D eigenvalue weighted by Gasteiger charge is -2.27. The summed E-state index contributed by atoms with van der Waals surface area (Å²) in [7, 11) is 1.58. The van der Waals surface area contributed by atoms with Gasteiger partial charge in [0, 0.05) is 37.3 Å². The lowest BCUT2D eigenvalue weighted by molar-refractivity contribution is 0.0302. The minimum Gasteiger partial charge on any atom is -0.495 e. The van der Waals surface area contributed by atoms with Crippen LogP contribution in [0.15, 0.2) is 47.0 Å². The smallest absolute Gasteiger partial charge is 0.254 e. The van der Waals surface area contributed by atoms with Crippen LogP contribution in [0.25, 0.3) is 33.3 Å². The molecule has 1 amide bonds. The molecule has 2 aromatic carbocycles. The summed E-state index contributed by atoms with van der Waals surface area (Å²) in [5.74, 6) is 1.96. The highest BCUT2D eigenvalue weighted by Gasteiger charge is 2.24. The Morgan fingerprint density at radius 1 is 1.07 bits per heavy atom. The second kappa shape index (κ2) is 11.0. The van der Waals surface area contributed by atoms with E-state index in [9.17, 15) is 4.79 Å². The number of aryl methyl sites for hydroxylation is 1. The van der Waals surface area contributed by atoms with Crippen LogP contribution in [0, 0.1) is 6.92 Å². The fraction of sp³-hybridized carbons (Fsp3) is 0.355. The number of benzene rings is 2. The number of methoxy groups -OCH3 is 1. The number of oxazole rings is 1. The molecule has 0 radical (unpaired) electrons. The summed E-state index contributed by atoms with van der Waals surface area (Å²) in [4.78, 5) is 32.2. The zero-order valence-electron chi connectivity index (χ0n) is 23.6. The molecule has 1 aliphatic carbocycles. The SMILES string of the molecule is COc1cc(C(=O)N2CCOCC2)ccc1Nc1nc(OC2CCCC2)c2c(-c3ccc4nc(C)oc4c3)c[nH]c2n1. The van der Waals surface area contributed by atoms with Crippen molar-refractivity contribution in [1.82, 2.24) is 24.8 Å². The van der Waals surface area contributed by atoms with E-state index < -0.39 is 0 Å². The number of hydrogen-bond acceptors (Lipinski definition) is 9. The van der Waals surface area contributed by atoms with Gasteiger partial charge in [-0.15, -0.1) is 0 Å². The van der Waals surface area contributed by atoms with Gasteiger partial charge in [0.15, 0.2) is 11.5 Å². The number of fused-ring (bicyclic) bond motifs is 2. The predicted octanol–water partition coefficient (Wildman–Crippen LogP) is 5.62. The minimum atomic E-state index is -0.0503. The molecule has 4 heterocycles. The Morgan fingerprint density at radius 3 is 2.71 bits per heavy atom. The van der Waals surface area contributed by atoms with E-state index in [4.69, 9.17) is 28.6 Å². The van der Waals surface area contributed by atoms with Crippen molar-refractivity contribution in [2.24, 2.45) is 0 Å². The number of carbonyl (C=O) groups excluding carboxylic acids is 1. The number of anilines is 2. The van der Waals surface area contributed by atoms with Crippen LogP contribution < -0.4 is 14.8 Å². The number of carbonyl (C=O) groups is 1. The van der Waals surface area contributed by atoms with E-state index in [1.165, 1.54) is 0 Å². The highest BCUT2D eigenvalue weighted by molar-refractivity contribution is 5.99. The monoisotopic (exact) mass is 568 g/mol. The van der Waals surface area contributed by atoms with Crippen molar-refractivity contribution in [3.63, 3.8) is 0 Å². The molecule has 0 spiro atoms. The first-order valence-electron chi connectivity index (χ1n) is 14.3. The van der Waals surface area contributed by atoms with Crippen LogP contribution in [-0.2, 0) is 4.74 Å². The normalized spacial score (nSPS) is 15.9. The topological polar surface area (TPSA) is 128 Å². The number of nitrogens with one attached hydrogen (secondary N) is 2. The average Bonchev–Trinajstić information content (AvgIpc) is 3.76. The summed E-state index contributed by atoms with van der Waals surface area (Å²) in [5, 5.41) is 4.09. The molecule has 42 heavy (non-hydrogen) atoms. The number of morpholine rings is 1. The van der Waals surface area contributed by atoms with E-state index in [2.05, 4.69) is 15.3 Å². The number of aromatic nitrogens is 4. The van der Waals surface area contributed by atoms with E-state index in [1.54, 1.807) is 24.1 Å². The molecule has 2 fully saturated rings. The zero-order valence-corrected chi connectivity index (χ0v) is 23.6. The third-order valence-corrected chi connectivity index (χ3v) is 7.88. The number of aromatic amines is 1. The second-order valence-corrected chi connectivity index (χ2v) is 10.7. The van der Waals surface area contributed by atoms with Crippen molar-refractivity contribution in [3.8, 4) is 22.8 Å². The summed E-state index contributed by atoms with van der Waals surface area (Å²) in [6.07, 6.45) is 6.27. The molecule has 1 saturated heterocycles. The molecule has 0 bridgehead atoms. The molecule has 2 aliphatic rings. The fourth-order valence-corrected chi connectivity index (χ4v) is 5.74. The first-order chi connectivity index (χ1) is 20.6. The van der Waals surface area contributed by atoms with Crippen LogP contribution >= 0.6 is 0 Å². The van der Waals surface area contributed by atoms with E-state index in [0.717, 1.165) is 53.3 Å². The molecule has 5 aromatic rings. The van der Waals surface area contributed by atoms with Crippen LogP contribution in [-0.4, -0.2) is 70.3 Å². The highest BCUT2D eigenvalue weighted by atomic mass is 16.5. The molecule has 7 rings (SSSR count). The van der Waals surface area contributed by atoms with E-state index in [0.29, 0.717) is 66.7 Å². The van der Waals surface area contributed by atoms with Gasteiger partial charge in [0.05, 0.1) is 31.4 Å². The van der Waals surface area contributed by atoms with Gasteiger partial charge in [-0.2, -0.15) is 9.97 Å². The standard InChI is InChI=1S/C31H32N6O5/c1-18-33-24-9-7-19(15-26(24)41-18)22-17-32-28-27(22)29(42-21-5-3-4-6-21)36-31(35-28)34-23-10-8-20(16-25(23)39-2)30(38)37-11-13-40-14-12-37/h7-10,15-17,21H,3-6,11-14H2,1-2H3,(H2,32,34,35,36). The molecule has 11 heteroatoms. The highest BCUT2D eigenvalue weighted by Crippen LogP contribution is 2.38. The first-order valence-corrected chi connectivity index (χ1v) is 14.3. The van der Waals surface area contributed by atoms with Crippen LogP contribution in [0.1, 0.15) is 41.9 Å². The third kappa shape index (κ3) is 5.00. The fourth-order valence-electron chi connectivity index (χ4n) is 5.74. The molecule has 0 atom stereocenters. The Morgan fingerprint density at radius 2 is 1.90 bits per heavy atom. The summed E-state index contributed by atoms with van der Waals surface area (Å²) in [5.41, 5.74) is 5.24. The van der Waals surface area contributed by atoms with Gasteiger partial charge >= 0.3 is 0 Å². The Bertz CT molecular complexity index is 1770. The lowest BCUT2D eigenvalue weighted by Crippen LogP contribution is -2.40. The summed E-state index contributed by atoms with van der Waals surface area (Å²) >= 11 is 0. The Hall–Kier alpha value is -4.64. The van der Waals surface area contributed by atoms with Crippen LogP contribution in [0.2, 0.25) is 0 Å². The van der Waals surface area contributed by atoms with Crippen LogP contribution in [0.4, 0.5) is 11.6 Å². The van der Waals surface area contributed by atoms with Crippen molar-refractivity contribution in [2.75, 3.05) is 38.7 Å².